The number of benzene rings is 1. The number of carboxylic acid groups (broad SMARTS) is 1. The van der Waals surface area contributed by atoms with E-state index in [-0.39, 0.29) is 12.3 Å². The minimum Gasteiger partial charge on any atom is -0.481 e. The molecule has 0 spiro atoms. The number of carbonyl (C=O) groups excluding carboxylic acids is 1. The second kappa shape index (κ2) is 8.76. The van der Waals surface area contributed by atoms with Gasteiger partial charge in [0.2, 0.25) is 5.91 Å². The Hall–Kier alpha value is -2.21. The number of nitrogens with one attached hydrogen (secondary N) is 1. The SMILES string of the molecule is CCCCC(=O)Nc1nc(-c2ccc(C(C)C)cc2)c(CC(=O)O)s1. The van der Waals surface area contributed by atoms with Gasteiger partial charge in [0, 0.05) is 16.9 Å². The Bertz CT molecular complexity index is 736. The molecule has 1 aromatic heterocycles. The molecular weight excluding hydrogens is 336 g/mol. The molecule has 0 saturated heterocycles. The third-order valence-electron chi connectivity index (χ3n) is 3.86. The number of nitrogens with zero attached hydrogens (tertiary/aromatic N) is 1. The summed E-state index contributed by atoms with van der Waals surface area (Å²) in [7, 11) is 0. The van der Waals surface area contributed by atoms with Gasteiger partial charge in [0.25, 0.3) is 0 Å². The van der Waals surface area contributed by atoms with Crippen LogP contribution in [0, 0.1) is 0 Å². The van der Waals surface area contributed by atoms with E-state index in [0.29, 0.717) is 28.0 Å². The Morgan fingerprint density at radius 2 is 1.92 bits per heavy atom. The molecule has 1 aromatic carbocycles. The molecule has 6 heteroatoms. The highest BCUT2D eigenvalue weighted by molar-refractivity contribution is 7.16. The number of carbonyl (C=O) groups is 2. The number of aromatic nitrogens is 1. The van der Waals surface area contributed by atoms with Crippen LogP contribution in [0.4, 0.5) is 5.13 Å². The van der Waals surface area contributed by atoms with E-state index >= 15 is 0 Å². The van der Waals surface area contributed by atoms with Gasteiger partial charge in [0.15, 0.2) is 5.13 Å². The van der Waals surface area contributed by atoms with E-state index in [9.17, 15) is 9.59 Å². The van der Waals surface area contributed by atoms with Gasteiger partial charge in [-0.1, -0.05) is 51.5 Å². The zero-order valence-corrected chi connectivity index (χ0v) is 15.7. The van der Waals surface area contributed by atoms with Gasteiger partial charge in [-0.05, 0) is 17.9 Å². The van der Waals surface area contributed by atoms with E-state index < -0.39 is 5.97 Å². The van der Waals surface area contributed by atoms with E-state index in [0.717, 1.165) is 18.4 Å². The van der Waals surface area contributed by atoms with Crippen LogP contribution < -0.4 is 5.32 Å². The van der Waals surface area contributed by atoms with Crippen molar-refractivity contribution in [2.75, 3.05) is 5.32 Å². The maximum Gasteiger partial charge on any atom is 0.308 e. The molecule has 25 heavy (non-hydrogen) atoms. The van der Waals surface area contributed by atoms with E-state index in [1.165, 1.54) is 16.9 Å². The van der Waals surface area contributed by atoms with Gasteiger partial charge >= 0.3 is 5.97 Å². The summed E-state index contributed by atoms with van der Waals surface area (Å²) in [5.41, 5.74) is 2.71. The topological polar surface area (TPSA) is 79.3 Å². The smallest absolute Gasteiger partial charge is 0.308 e. The number of carboxylic acids is 1. The van der Waals surface area contributed by atoms with Crippen molar-refractivity contribution in [3.8, 4) is 11.3 Å². The predicted octanol–water partition coefficient (Wildman–Crippen LogP) is 4.69. The van der Waals surface area contributed by atoms with Gasteiger partial charge in [-0.25, -0.2) is 4.98 Å². The number of amides is 1. The molecule has 0 radical (unpaired) electrons. The number of rotatable bonds is 8. The molecule has 0 fully saturated rings. The van der Waals surface area contributed by atoms with Crippen molar-refractivity contribution in [3.63, 3.8) is 0 Å². The zero-order valence-electron chi connectivity index (χ0n) is 14.8. The number of hydrogen-bond donors (Lipinski definition) is 2. The molecule has 2 N–H and O–H groups in total. The van der Waals surface area contributed by atoms with Crippen LogP contribution in [0.15, 0.2) is 24.3 Å². The Morgan fingerprint density at radius 3 is 2.48 bits per heavy atom. The summed E-state index contributed by atoms with van der Waals surface area (Å²) in [6.07, 6.45) is 2.11. The highest BCUT2D eigenvalue weighted by atomic mass is 32.1. The fraction of sp³-hybridized carbons (Fsp3) is 0.421. The van der Waals surface area contributed by atoms with Crippen molar-refractivity contribution >= 4 is 28.3 Å². The summed E-state index contributed by atoms with van der Waals surface area (Å²) >= 11 is 1.23. The molecule has 2 aromatic rings. The van der Waals surface area contributed by atoms with E-state index in [2.05, 4.69) is 24.1 Å². The second-order valence-corrected chi connectivity index (χ2v) is 7.37. The molecule has 0 aliphatic carbocycles. The Balaban J connectivity index is 2.28. The normalized spacial score (nSPS) is 10.9. The average Bonchev–Trinajstić information content (AvgIpc) is 2.94. The maximum absolute atomic E-state index is 11.9. The fourth-order valence-electron chi connectivity index (χ4n) is 2.43. The van der Waals surface area contributed by atoms with Gasteiger partial charge in [0.05, 0.1) is 12.1 Å². The van der Waals surface area contributed by atoms with Crippen LogP contribution in [-0.2, 0) is 16.0 Å². The molecule has 0 unspecified atom stereocenters. The lowest BCUT2D eigenvalue weighted by molar-refractivity contribution is -0.136. The van der Waals surface area contributed by atoms with Gasteiger partial charge in [-0.15, -0.1) is 11.3 Å². The first kappa shape index (κ1) is 19.1. The molecule has 0 saturated carbocycles. The summed E-state index contributed by atoms with van der Waals surface area (Å²) < 4.78 is 0. The van der Waals surface area contributed by atoms with E-state index in [1.54, 1.807) is 0 Å². The molecule has 5 nitrogen and oxygen atoms in total. The third-order valence-corrected chi connectivity index (χ3v) is 4.83. The van der Waals surface area contributed by atoms with Gasteiger partial charge in [-0.2, -0.15) is 0 Å². The van der Waals surface area contributed by atoms with Crippen molar-refractivity contribution in [3.05, 3.63) is 34.7 Å². The Morgan fingerprint density at radius 1 is 1.24 bits per heavy atom. The standard InChI is InChI=1S/C19H24N2O3S/c1-4-5-6-16(22)20-19-21-18(15(25-19)11-17(23)24)14-9-7-13(8-10-14)12(2)3/h7-10,12H,4-6,11H2,1-3H3,(H,23,24)(H,20,21,22). The number of anilines is 1. The van der Waals surface area contributed by atoms with Crippen LogP contribution in [0.3, 0.4) is 0 Å². The summed E-state index contributed by atoms with van der Waals surface area (Å²) in [4.78, 5) is 28.2. The van der Waals surface area contributed by atoms with Crippen molar-refractivity contribution < 1.29 is 14.7 Å². The average molecular weight is 360 g/mol. The quantitative estimate of drug-likeness (QED) is 0.716. The number of unbranched alkanes of at least 4 members (excludes halogenated alkanes) is 1. The van der Waals surface area contributed by atoms with Crippen LogP contribution in [-0.4, -0.2) is 22.0 Å². The Labute approximate surface area is 152 Å². The predicted molar refractivity (Wildman–Crippen MR) is 101 cm³/mol. The molecule has 134 valence electrons. The van der Waals surface area contributed by atoms with Crippen LogP contribution in [0.1, 0.15) is 56.4 Å². The van der Waals surface area contributed by atoms with Gasteiger partial charge < -0.3 is 10.4 Å². The van der Waals surface area contributed by atoms with Crippen LogP contribution in [0.2, 0.25) is 0 Å². The lowest BCUT2D eigenvalue weighted by Gasteiger charge is -2.06. The number of hydrogen-bond acceptors (Lipinski definition) is 4. The monoisotopic (exact) mass is 360 g/mol. The first-order chi connectivity index (χ1) is 11.9. The second-order valence-electron chi connectivity index (χ2n) is 6.29. The minimum atomic E-state index is -0.910. The maximum atomic E-state index is 11.9. The van der Waals surface area contributed by atoms with Crippen LogP contribution in [0.5, 0.6) is 0 Å². The van der Waals surface area contributed by atoms with E-state index in [4.69, 9.17) is 5.11 Å². The third kappa shape index (κ3) is 5.39. The highest BCUT2D eigenvalue weighted by Crippen LogP contribution is 2.32. The number of aliphatic carboxylic acids is 1. The summed E-state index contributed by atoms with van der Waals surface area (Å²) in [6.45, 7) is 6.27. The highest BCUT2D eigenvalue weighted by Gasteiger charge is 2.17. The molecule has 1 heterocycles. The van der Waals surface area contributed by atoms with Crippen LogP contribution >= 0.6 is 11.3 Å². The first-order valence-electron chi connectivity index (χ1n) is 8.52. The van der Waals surface area contributed by atoms with Crippen molar-refractivity contribution in [1.29, 1.82) is 0 Å². The largest absolute Gasteiger partial charge is 0.481 e. The minimum absolute atomic E-state index is 0.0841. The van der Waals surface area contributed by atoms with Crippen molar-refractivity contribution in [2.45, 2.75) is 52.4 Å². The van der Waals surface area contributed by atoms with Gasteiger partial charge in [-0.3, -0.25) is 9.59 Å². The van der Waals surface area contributed by atoms with Gasteiger partial charge in [0.1, 0.15) is 0 Å². The van der Waals surface area contributed by atoms with Crippen molar-refractivity contribution in [2.24, 2.45) is 0 Å². The summed E-state index contributed by atoms with van der Waals surface area (Å²) in [5.74, 6) is -0.567. The first-order valence-corrected chi connectivity index (χ1v) is 9.34. The molecule has 1 amide bonds. The molecule has 2 rings (SSSR count). The number of thiazole rings is 1. The fourth-order valence-corrected chi connectivity index (χ4v) is 3.42. The molecule has 0 aliphatic rings. The molecule has 0 atom stereocenters. The molecule has 0 aliphatic heterocycles. The molecular formula is C19H24N2O3S. The van der Waals surface area contributed by atoms with Crippen LogP contribution in [0.25, 0.3) is 11.3 Å². The zero-order chi connectivity index (χ0) is 18.4. The lowest BCUT2D eigenvalue weighted by Crippen LogP contribution is -2.10. The molecule has 0 bridgehead atoms. The lowest BCUT2D eigenvalue weighted by atomic mass is 10.0. The Kier molecular flexibility index (Phi) is 6.70. The summed E-state index contributed by atoms with van der Waals surface area (Å²) in [6, 6.07) is 7.98. The van der Waals surface area contributed by atoms with E-state index in [1.807, 2.05) is 31.2 Å². The van der Waals surface area contributed by atoms with Crippen molar-refractivity contribution in [1.82, 2.24) is 4.98 Å². The summed E-state index contributed by atoms with van der Waals surface area (Å²) in [5, 5.41) is 12.4.